The van der Waals surface area contributed by atoms with E-state index in [1.807, 2.05) is 34.7 Å². The number of rotatable bonds is 5. The van der Waals surface area contributed by atoms with E-state index in [0.717, 1.165) is 23.8 Å². The summed E-state index contributed by atoms with van der Waals surface area (Å²) in [4.78, 5) is 2.60. The third kappa shape index (κ3) is 11.5. The number of nitrogens with zero attached hydrogens (tertiary/aromatic N) is 1. The molecule has 24 heavy (non-hydrogen) atoms. The maximum Gasteiger partial charge on any atom is 0.0107 e. The van der Waals surface area contributed by atoms with Gasteiger partial charge in [0, 0.05) is 26.2 Å². The zero-order valence-corrected chi connectivity index (χ0v) is 18.7. The molecule has 0 amide bonds. The van der Waals surface area contributed by atoms with Crippen molar-refractivity contribution in [3.05, 3.63) is 0 Å². The molecular formula is C22H50N2. The van der Waals surface area contributed by atoms with E-state index in [2.05, 4.69) is 37.9 Å². The Kier molecular flexibility index (Phi) is 17.9. The van der Waals surface area contributed by atoms with Crippen molar-refractivity contribution in [1.29, 1.82) is 0 Å². The van der Waals surface area contributed by atoms with Crippen molar-refractivity contribution in [3.63, 3.8) is 0 Å². The first-order valence-corrected chi connectivity index (χ1v) is 10.9. The van der Waals surface area contributed by atoms with Crippen LogP contribution in [0.2, 0.25) is 0 Å². The second kappa shape index (κ2) is 16.4. The maximum atomic E-state index is 3.22. The fourth-order valence-corrected chi connectivity index (χ4v) is 3.60. The van der Waals surface area contributed by atoms with Crippen molar-refractivity contribution in [2.45, 2.75) is 93.9 Å². The molecule has 1 saturated heterocycles. The van der Waals surface area contributed by atoms with Crippen molar-refractivity contribution < 1.29 is 0 Å². The van der Waals surface area contributed by atoms with Gasteiger partial charge >= 0.3 is 0 Å². The predicted octanol–water partition coefficient (Wildman–Crippen LogP) is 6.21. The van der Waals surface area contributed by atoms with E-state index in [1.165, 1.54) is 58.2 Å². The molecule has 148 valence electrons. The smallest absolute Gasteiger partial charge is 0.0107 e. The minimum atomic E-state index is 0.750. The molecule has 0 aromatic carbocycles. The van der Waals surface area contributed by atoms with E-state index in [-0.39, 0.29) is 0 Å². The van der Waals surface area contributed by atoms with Gasteiger partial charge in [-0.2, -0.15) is 0 Å². The van der Waals surface area contributed by atoms with Crippen LogP contribution in [0.1, 0.15) is 93.9 Å². The monoisotopic (exact) mass is 342 g/mol. The minimum absolute atomic E-state index is 0.750. The highest BCUT2D eigenvalue weighted by Crippen LogP contribution is 2.45. The first-order valence-electron chi connectivity index (χ1n) is 10.9. The van der Waals surface area contributed by atoms with Crippen LogP contribution in [-0.4, -0.2) is 38.1 Å². The van der Waals surface area contributed by atoms with Crippen molar-refractivity contribution in [2.75, 3.05) is 33.2 Å². The van der Waals surface area contributed by atoms with Crippen LogP contribution in [0.25, 0.3) is 0 Å². The average molecular weight is 343 g/mol. The highest BCUT2D eigenvalue weighted by molar-refractivity contribution is 4.97. The Morgan fingerprint density at radius 3 is 1.88 bits per heavy atom. The Hall–Kier alpha value is -0.0800. The maximum absolute atomic E-state index is 3.22. The molecular weight excluding hydrogens is 292 g/mol. The summed E-state index contributed by atoms with van der Waals surface area (Å²) in [7, 11) is 2.04. The molecule has 0 aromatic heterocycles. The molecule has 0 bridgehead atoms. The van der Waals surface area contributed by atoms with Crippen LogP contribution in [0.3, 0.4) is 0 Å². The van der Waals surface area contributed by atoms with Crippen LogP contribution in [0.4, 0.5) is 0 Å². The Morgan fingerprint density at radius 2 is 1.54 bits per heavy atom. The third-order valence-corrected chi connectivity index (χ3v) is 5.00. The van der Waals surface area contributed by atoms with Gasteiger partial charge in [-0.15, -0.1) is 0 Å². The lowest BCUT2D eigenvalue weighted by atomic mass is 9.66. The van der Waals surface area contributed by atoms with Gasteiger partial charge in [-0.3, -0.25) is 0 Å². The molecule has 0 unspecified atom stereocenters. The van der Waals surface area contributed by atoms with E-state index in [0.29, 0.717) is 0 Å². The number of likely N-dealkylation sites (N-methyl/N-ethyl adjacent to an activating group) is 1. The standard InChI is InChI=1S/C12H24N2.C6H14.2C2H6/c1-11-3-5-12(6-4-11)9-14(10-12)8-7-13-2;1-4-5-6(2)3;2*1-2/h11,13H,3-10H2,1-2H3;6H,4-5H2,1-3H3;2*1-2H3. The zero-order valence-electron chi connectivity index (χ0n) is 18.7. The summed E-state index contributed by atoms with van der Waals surface area (Å²) in [6.07, 6.45) is 8.63. The summed E-state index contributed by atoms with van der Waals surface area (Å²) < 4.78 is 0. The van der Waals surface area contributed by atoms with Crippen LogP contribution >= 0.6 is 0 Å². The Bertz CT molecular complexity index is 234. The molecule has 1 aliphatic carbocycles. The molecule has 0 radical (unpaired) electrons. The largest absolute Gasteiger partial charge is 0.318 e. The predicted molar refractivity (Wildman–Crippen MR) is 113 cm³/mol. The first-order chi connectivity index (χ1) is 11.5. The Balaban J connectivity index is 0. The number of likely N-dealkylation sites (tertiary alicyclic amines) is 1. The van der Waals surface area contributed by atoms with E-state index in [4.69, 9.17) is 0 Å². The quantitative estimate of drug-likeness (QED) is 0.638. The normalized spacial score (nSPS) is 19.2. The molecule has 2 aliphatic rings. The molecule has 1 saturated carbocycles. The lowest BCUT2D eigenvalue weighted by molar-refractivity contribution is -0.0349. The lowest BCUT2D eigenvalue weighted by Crippen LogP contribution is -2.58. The van der Waals surface area contributed by atoms with E-state index in [9.17, 15) is 0 Å². The lowest BCUT2D eigenvalue weighted by Gasteiger charge is -2.53. The van der Waals surface area contributed by atoms with Gasteiger partial charge in [0.05, 0.1) is 0 Å². The van der Waals surface area contributed by atoms with Gasteiger partial charge < -0.3 is 10.2 Å². The van der Waals surface area contributed by atoms with Crippen molar-refractivity contribution in [1.82, 2.24) is 10.2 Å². The van der Waals surface area contributed by atoms with Crippen LogP contribution in [0.5, 0.6) is 0 Å². The van der Waals surface area contributed by atoms with E-state index in [1.54, 1.807) is 0 Å². The summed E-state index contributed by atoms with van der Waals surface area (Å²) in [5, 5.41) is 3.22. The summed E-state index contributed by atoms with van der Waals surface area (Å²) in [5.41, 5.74) is 0.750. The highest BCUT2D eigenvalue weighted by Gasteiger charge is 2.43. The van der Waals surface area contributed by atoms with Crippen LogP contribution in [-0.2, 0) is 0 Å². The molecule has 1 aliphatic heterocycles. The summed E-state index contributed by atoms with van der Waals surface area (Å²) in [6.45, 7) is 22.3. The first kappa shape index (κ1) is 26.2. The number of nitrogens with one attached hydrogen (secondary N) is 1. The number of hydrogen-bond donors (Lipinski definition) is 1. The zero-order chi connectivity index (χ0) is 19.0. The minimum Gasteiger partial charge on any atom is -0.318 e. The van der Waals surface area contributed by atoms with Gasteiger partial charge in [0.2, 0.25) is 0 Å². The molecule has 2 nitrogen and oxygen atoms in total. The second-order valence-electron chi connectivity index (χ2n) is 7.68. The summed E-state index contributed by atoms with van der Waals surface area (Å²) in [5.74, 6) is 1.89. The third-order valence-electron chi connectivity index (χ3n) is 5.00. The van der Waals surface area contributed by atoms with Gasteiger partial charge in [0.1, 0.15) is 0 Å². The van der Waals surface area contributed by atoms with Crippen LogP contribution in [0.15, 0.2) is 0 Å². The van der Waals surface area contributed by atoms with Crippen molar-refractivity contribution in [2.24, 2.45) is 17.3 Å². The van der Waals surface area contributed by atoms with Gasteiger partial charge in [-0.25, -0.2) is 0 Å². The highest BCUT2D eigenvalue weighted by atomic mass is 15.2. The number of hydrogen-bond acceptors (Lipinski definition) is 2. The molecule has 0 aromatic rings. The van der Waals surface area contributed by atoms with Crippen molar-refractivity contribution in [3.8, 4) is 0 Å². The van der Waals surface area contributed by atoms with E-state index >= 15 is 0 Å². The topological polar surface area (TPSA) is 15.3 Å². The molecule has 2 fully saturated rings. The average Bonchev–Trinajstić information content (AvgIpc) is 2.57. The Labute approximate surface area is 155 Å². The second-order valence-corrected chi connectivity index (χ2v) is 7.68. The van der Waals surface area contributed by atoms with Gasteiger partial charge in [-0.05, 0) is 37.1 Å². The summed E-state index contributed by atoms with van der Waals surface area (Å²) in [6, 6.07) is 0. The van der Waals surface area contributed by atoms with E-state index < -0.39 is 0 Å². The fraction of sp³-hybridized carbons (Fsp3) is 1.00. The molecule has 2 heteroatoms. The summed E-state index contributed by atoms with van der Waals surface area (Å²) >= 11 is 0. The molecule has 1 N–H and O–H groups in total. The van der Waals surface area contributed by atoms with Gasteiger partial charge in [0.25, 0.3) is 0 Å². The van der Waals surface area contributed by atoms with Crippen LogP contribution < -0.4 is 5.32 Å². The van der Waals surface area contributed by atoms with Crippen molar-refractivity contribution >= 4 is 0 Å². The van der Waals surface area contributed by atoms with Gasteiger partial charge in [0.15, 0.2) is 0 Å². The molecule has 0 atom stereocenters. The molecule has 2 rings (SSSR count). The van der Waals surface area contributed by atoms with Gasteiger partial charge in [-0.1, -0.05) is 81.1 Å². The van der Waals surface area contributed by atoms with Crippen LogP contribution in [0, 0.1) is 17.3 Å². The SMILES string of the molecule is CC.CC.CCCC(C)C.CNCCN1CC2(CCC(C)CC2)C1. The Morgan fingerprint density at radius 1 is 1.04 bits per heavy atom. The fourth-order valence-electron chi connectivity index (χ4n) is 3.60. The molecule has 1 heterocycles. The molecule has 1 spiro atoms.